The normalized spacial score (nSPS) is 24.3. The highest BCUT2D eigenvalue weighted by atomic mass is 16.4. The molecule has 2 N–H and O–H groups in total. The number of H-pyrrole nitrogens is 1. The van der Waals surface area contributed by atoms with Gasteiger partial charge < -0.3 is 5.11 Å². The molecule has 0 spiro atoms. The van der Waals surface area contributed by atoms with Gasteiger partial charge in [-0.25, -0.2) is 4.98 Å². The summed E-state index contributed by atoms with van der Waals surface area (Å²) >= 11 is 0. The monoisotopic (exact) mass is 204 g/mol. The average molecular weight is 204 g/mol. The van der Waals surface area contributed by atoms with Crippen LogP contribution in [0, 0.1) is 5.92 Å². The van der Waals surface area contributed by atoms with Gasteiger partial charge in [0.25, 0.3) is 0 Å². The first kappa shape index (κ1) is 8.34. The van der Waals surface area contributed by atoms with Crippen molar-refractivity contribution in [3.05, 3.63) is 17.8 Å². The number of nitrogens with zero attached hydrogens (tertiary/aromatic N) is 3. The molecule has 0 bridgehead atoms. The van der Waals surface area contributed by atoms with E-state index in [4.69, 9.17) is 5.11 Å². The minimum atomic E-state index is -0.736. The molecule has 2 atom stereocenters. The number of aliphatic carboxylic acids is 1. The molecule has 1 fully saturated rings. The smallest absolute Gasteiger partial charge is 0.307 e. The van der Waals surface area contributed by atoms with Crippen molar-refractivity contribution in [1.82, 2.24) is 20.4 Å². The van der Waals surface area contributed by atoms with Crippen LogP contribution >= 0.6 is 0 Å². The highest BCUT2D eigenvalue weighted by Gasteiger charge is 2.44. The number of aromatic nitrogens is 4. The predicted octanol–water partition coefficient (Wildman–Crippen LogP) is 0.541. The standard InChI is InChI=1S/C9H8N4O2/c14-9(15)6-2-5(6)4-1-7-8(10-3-4)12-13-11-7/h1,3,5-6H,2H2,(H,14,15)(H,10,11,12,13). The van der Waals surface area contributed by atoms with E-state index in [9.17, 15) is 4.79 Å². The van der Waals surface area contributed by atoms with Crippen molar-refractivity contribution in [1.29, 1.82) is 0 Å². The summed E-state index contributed by atoms with van der Waals surface area (Å²) in [6, 6.07) is 1.85. The number of aromatic amines is 1. The van der Waals surface area contributed by atoms with Gasteiger partial charge in [0.1, 0.15) is 5.52 Å². The summed E-state index contributed by atoms with van der Waals surface area (Å²) in [5.74, 6) is -0.896. The summed E-state index contributed by atoms with van der Waals surface area (Å²) in [5, 5.41) is 19.0. The summed E-state index contributed by atoms with van der Waals surface area (Å²) < 4.78 is 0. The van der Waals surface area contributed by atoms with E-state index in [0.29, 0.717) is 17.6 Å². The molecule has 3 rings (SSSR count). The van der Waals surface area contributed by atoms with Gasteiger partial charge >= 0.3 is 5.97 Å². The molecule has 0 radical (unpaired) electrons. The molecular weight excluding hydrogens is 196 g/mol. The minimum absolute atomic E-state index is 0.0936. The Morgan fingerprint density at radius 2 is 2.40 bits per heavy atom. The Labute approximate surface area is 84.3 Å². The molecule has 76 valence electrons. The molecular formula is C9H8N4O2. The van der Waals surface area contributed by atoms with Crippen LogP contribution in [0.3, 0.4) is 0 Å². The first-order chi connectivity index (χ1) is 7.25. The van der Waals surface area contributed by atoms with Gasteiger partial charge in [-0.3, -0.25) is 4.79 Å². The maximum atomic E-state index is 10.7. The largest absolute Gasteiger partial charge is 0.481 e. The molecule has 0 aromatic carbocycles. The van der Waals surface area contributed by atoms with E-state index >= 15 is 0 Å². The van der Waals surface area contributed by atoms with Crippen molar-refractivity contribution in [3.63, 3.8) is 0 Å². The summed E-state index contributed by atoms with van der Waals surface area (Å²) in [7, 11) is 0. The lowest BCUT2D eigenvalue weighted by molar-refractivity contribution is -0.138. The van der Waals surface area contributed by atoms with Crippen molar-refractivity contribution >= 4 is 17.1 Å². The van der Waals surface area contributed by atoms with E-state index in [0.717, 1.165) is 5.56 Å². The second-order valence-electron chi connectivity index (χ2n) is 3.72. The molecule has 1 aliphatic rings. The van der Waals surface area contributed by atoms with Gasteiger partial charge in [-0.1, -0.05) is 0 Å². The van der Waals surface area contributed by atoms with E-state index in [1.807, 2.05) is 6.07 Å². The van der Waals surface area contributed by atoms with Gasteiger partial charge in [0.05, 0.1) is 5.92 Å². The molecule has 6 heteroatoms. The molecule has 0 aliphatic heterocycles. The number of carbonyl (C=O) groups is 1. The van der Waals surface area contributed by atoms with Crippen LogP contribution in [-0.4, -0.2) is 31.5 Å². The molecule has 1 saturated carbocycles. The van der Waals surface area contributed by atoms with E-state index in [-0.39, 0.29) is 11.8 Å². The molecule has 0 amide bonds. The number of fused-ring (bicyclic) bond motifs is 1. The van der Waals surface area contributed by atoms with Crippen LogP contribution in [-0.2, 0) is 4.79 Å². The Kier molecular flexibility index (Phi) is 1.53. The maximum Gasteiger partial charge on any atom is 0.307 e. The summed E-state index contributed by atoms with van der Waals surface area (Å²) in [6.45, 7) is 0. The lowest BCUT2D eigenvalue weighted by Crippen LogP contribution is -1.99. The van der Waals surface area contributed by atoms with Gasteiger partial charge in [0.15, 0.2) is 0 Å². The SMILES string of the molecule is O=C(O)C1CC1c1cnc2n[nH]nc2c1. The molecule has 2 unspecified atom stereocenters. The first-order valence-electron chi connectivity index (χ1n) is 4.65. The number of hydrogen-bond donors (Lipinski definition) is 2. The number of carboxylic acid groups (broad SMARTS) is 1. The summed E-state index contributed by atoms with van der Waals surface area (Å²) in [4.78, 5) is 14.8. The lowest BCUT2D eigenvalue weighted by Gasteiger charge is -1.96. The molecule has 2 heterocycles. The van der Waals surface area contributed by atoms with Gasteiger partial charge in [0.2, 0.25) is 5.65 Å². The quantitative estimate of drug-likeness (QED) is 0.744. The van der Waals surface area contributed by atoms with E-state index < -0.39 is 5.97 Å². The third-order valence-electron chi connectivity index (χ3n) is 2.73. The number of hydrogen-bond acceptors (Lipinski definition) is 4. The van der Waals surface area contributed by atoms with Gasteiger partial charge in [-0.15, -0.1) is 5.10 Å². The van der Waals surface area contributed by atoms with Crippen LogP contribution in [0.2, 0.25) is 0 Å². The second kappa shape index (κ2) is 2.75. The van der Waals surface area contributed by atoms with Crippen molar-refractivity contribution in [2.75, 3.05) is 0 Å². The summed E-state index contributed by atoms with van der Waals surface area (Å²) in [6.07, 6.45) is 2.37. The fraction of sp³-hybridized carbons (Fsp3) is 0.333. The van der Waals surface area contributed by atoms with E-state index in [1.165, 1.54) is 0 Å². The third-order valence-corrected chi connectivity index (χ3v) is 2.73. The highest BCUT2D eigenvalue weighted by molar-refractivity contribution is 5.76. The molecule has 2 aromatic heterocycles. The zero-order chi connectivity index (χ0) is 10.4. The van der Waals surface area contributed by atoms with Crippen molar-refractivity contribution in [2.45, 2.75) is 12.3 Å². The maximum absolute atomic E-state index is 10.7. The highest BCUT2D eigenvalue weighted by Crippen LogP contribution is 2.47. The average Bonchev–Trinajstić information content (AvgIpc) is 2.89. The topological polar surface area (TPSA) is 91.8 Å². The molecule has 15 heavy (non-hydrogen) atoms. The molecule has 2 aromatic rings. The zero-order valence-corrected chi connectivity index (χ0v) is 7.71. The lowest BCUT2D eigenvalue weighted by atomic mass is 10.1. The van der Waals surface area contributed by atoms with Crippen LogP contribution < -0.4 is 0 Å². The Morgan fingerprint density at radius 1 is 1.53 bits per heavy atom. The Bertz CT molecular complexity index is 536. The van der Waals surface area contributed by atoms with E-state index in [1.54, 1.807) is 6.20 Å². The molecule has 0 saturated heterocycles. The molecule has 6 nitrogen and oxygen atoms in total. The van der Waals surface area contributed by atoms with Gasteiger partial charge in [0, 0.05) is 6.20 Å². The van der Waals surface area contributed by atoms with Crippen LogP contribution in [0.1, 0.15) is 17.9 Å². The fourth-order valence-electron chi connectivity index (χ4n) is 1.80. The van der Waals surface area contributed by atoms with E-state index in [2.05, 4.69) is 20.4 Å². The Balaban J connectivity index is 1.96. The Morgan fingerprint density at radius 3 is 3.13 bits per heavy atom. The van der Waals surface area contributed by atoms with Crippen molar-refractivity contribution in [3.8, 4) is 0 Å². The zero-order valence-electron chi connectivity index (χ0n) is 7.71. The second-order valence-corrected chi connectivity index (χ2v) is 3.72. The van der Waals surface area contributed by atoms with Crippen LogP contribution in [0.5, 0.6) is 0 Å². The van der Waals surface area contributed by atoms with Crippen molar-refractivity contribution < 1.29 is 9.90 Å². The van der Waals surface area contributed by atoms with Crippen LogP contribution in [0.4, 0.5) is 0 Å². The predicted molar refractivity (Wildman–Crippen MR) is 50.2 cm³/mol. The first-order valence-corrected chi connectivity index (χ1v) is 4.65. The fourth-order valence-corrected chi connectivity index (χ4v) is 1.80. The van der Waals surface area contributed by atoms with Crippen LogP contribution in [0.25, 0.3) is 11.2 Å². The minimum Gasteiger partial charge on any atom is -0.481 e. The van der Waals surface area contributed by atoms with Crippen molar-refractivity contribution in [2.24, 2.45) is 5.92 Å². The number of carboxylic acids is 1. The molecule has 1 aliphatic carbocycles. The van der Waals surface area contributed by atoms with Gasteiger partial charge in [-0.2, -0.15) is 10.3 Å². The van der Waals surface area contributed by atoms with Gasteiger partial charge in [-0.05, 0) is 24.0 Å². The number of rotatable bonds is 2. The number of nitrogens with one attached hydrogen (secondary N) is 1. The number of pyridine rings is 1. The summed E-state index contributed by atoms with van der Waals surface area (Å²) in [5.41, 5.74) is 2.18. The van der Waals surface area contributed by atoms with Crippen LogP contribution in [0.15, 0.2) is 12.3 Å². The Hall–Kier alpha value is -1.98. The third kappa shape index (κ3) is 1.25.